The van der Waals surface area contributed by atoms with Gasteiger partial charge in [0.15, 0.2) is 0 Å². The van der Waals surface area contributed by atoms with Crippen LogP contribution in [0.5, 0.6) is 0 Å². The highest BCUT2D eigenvalue weighted by Crippen LogP contribution is 2.32. The van der Waals surface area contributed by atoms with Gasteiger partial charge in [0.2, 0.25) is 0 Å². The number of rotatable bonds is 5. The molecule has 2 aromatic rings. The number of nitrogens with zero attached hydrogens (tertiary/aromatic N) is 6. The molecule has 120 valence electrons. The van der Waals surface area contributed by atoms with Crippen molar-refractivity contribution in [2.75, 3.05) is 0 Å². The summed E-state index contributed by atoms with van der Waals surface area (Å²) >= 11 is 0. The van der Waals surface area contributed by atoms with E-state index in [-0.39, 0.29) is 17.0 Å². The Kier molecular flexibility index (Phi) is 5.20. The minimum atomic E-state index is -4.58. The summed E-state index contributed by atoms with van der Waals surface area (Å²) in [6.45, 7) is 0. The molecule has 0 spiro atoms. The molecule has 24 heavy (non-hydrogen) atoms. The van der Waals surface area contributed by atoms with Crippen LogP contribution >= 0.6 is 0 Å². The molecule has 2 rings (SSSR count). The van der Waals surface area contributed by atoms with Crippen molar-refractivity contribution < 1.29 is 13.0 Å². The van der Waals surface area contributed by atoms with Gasteiger partial charge in [-0.05, 0) is 22.7 Å². The minimum Gasteiger partial charge on any atom is -0.282 e. The third-order valence-electron chi connectivity index (χ3n) is 2.98. The third kappa shape index (κ3) is 3.72. The van der Waals surface area contributed by atoms with E-state index in [4.69, 9.17) is 11.1 Å². The second-order valence-electron chi connectivity index (χ2n) is 4.41. The molecule has 1 N–H and O–H groups in total. The fraction of sp³-hybridized carbons (Fsp3) is 0. The molecule has 0 saturated carbocycles. The predicted molar refractivity (Wildman–Crippen MR) is 87.8 cm³/mol. The summed E-state index contributed by atoms with van der Waals surface area (Å²) in [7, 11) is -4.58. The Labute approximate surface area is 136 Å². The summed E-state index contributed by atoms with van der Waals surface area (Å²) in [4.78, 5) is 4.91. The van der Waals surface area contributed by atoms with Crippen LogP contribution in [-0.2, 0) is 10.1 Å². The maximum absolute atomic E-state index is 11.6. The summed E-state index contributed by atoms with van der Waals surface area (Å²) < 4.78 is 32.5. The van der Waals surface area contributed by atoms with Crippen LogP contribution in [0.15, 0.2) is 69.7 Å². The van der Waals surface area contributed by atoms with Crippen LogP contribution in [0.2, 0.25) is 0 Å². The standard InChI is InChI=1S/C14H10N6O3S/c15-19-17-13(10-6-2-1-3-7-10)14(18-20-16)11-8-4-5-9-12(11)24(21,22)23/h1-9H,(H,21,22,23). The van der Waals surface area contributed by atoms with Gasteiger partial charge in [-0.3, -0.25) is 4.55 Å². The van der Waals surface area contributed by atoms with Crippen molar-refractivity contribution in [3.8, 4) is 0 Å². The first-order chi connectivity index (χ1) is 11.5. The molecule has 2 aromatic carbocycles. The third-order valence-corrected chi connectivity index (χ3v) is 3.89. The smallest absolute Gasteiger partial charge is 0.282 e. The SMILES string of the molecule is [N-]=[N+]=NC(=C(N=[N+]=[N-])c1ccccc1S(=O)(=O)O)c1ccccc1. The van der Waals surface area contributed by atoms with Crippen LogP contribution in [0.25, 0.3) is 32.3 Å². The molecule has 0 heterocycles. The lowest BCUT2D eigenvalue weighted by molar-refractivity contribution is 0.483. The van der Waals surface area contributed by atoms with Crippen LogP contribution in [0.4, 0.5) is 0 Å². The zero-order valence-corrected chi connectivity index (χ0v) is 12.9. The summed E-state index contributed by atoms with van der Waals surface area (Å²) in [5.41, 5.74) is 17.7. The van der Waals surface area contributed by atoms with Crippen molar-refractivity contribution in [3.05, 3.63) is 86.6 Å². The van der Waals surface area contributed by atoms with Crippen molar-refractivity contribution in [3.63, 3.8) is 0 Å². The number of benzene rings is 2. The lowest BCUT2D eigenvalue weighted by Crippen LogP contribution is -2.03. The number of azide groups is 2. The van der Waals surface area contributed by atoms with E-state index < -0.39 is 15.0 Å². The fourth-order valence-electron chi connectivity index (χ4n) is 2.04. The highest BCUT2D eigenvalue weighted by atomic mass is 32.2. The molecule has 0 aliphatic heterocycles. The first-order valence-electron chi connectivity index (χ1n) is 6.46. The molecule has 0 bridgehead atoms. The molecule has 0 amide bonds. The summed E-state index contributed by atoms with van der Waals surface area (Å²) in [5, 5.41) is 7.02. The molecule has 0 aliphatic carbocycles. The summed E-state index contributed by atoms with van der Waals surface area (Å²) in [6, 6.07) is 13.7. The van der Waals surface area contributed by atoms with Crippen LogP contribution in [0.1, 0.15) is 11.1 Å². The molecule has 9 nitrogen and oxygen atoms in total. The Morgan fingerprint density at radius 1 is 0.875 bits per heavy atom. The fourth-order valence-corrected chi connectivity index (χ4v) is 2.74. The van der Waals surface area contributed by atoms with Crippen LogP contribution < -0.4 is 0 Å². The van der Waals surface area contributed by atoms with Gasteiger partial charge in [-0.15, -0.1) is 0 Å². The van der Waals surface area contributed by atoms with Crippen molar-refractivity contribution in [2.45, 2.75) is 4.90 Å². The highest BCUT2D eigenvalue weighted by molar-refractivity contribution is 7.86. The Bertz CT molecular complexity index is 988. The molecule has 10 heteroatoms. The second kappa shape index (κ2) is 7.32. The Morgan fingerprint density at radius 3 is 2.00 bits per heavy atom. The van der Waals surface area contributed by atoms with E-state index in [0.29, 0.717) is 5.56 Å². The van der Waals surface area contributed by atoms with Gasteiger partial charge in [0, 0.05) is 15.4 Å². The second-order valence-corrected chi connectivity index (χ2v) is 5.80. The van der Waals surface area contributed by atoms with Crippen LogP contribution in [-0.4, -0.2) is 13.0 Å². The topological polar surface area (TPSA) is 152 Å². The summed E-state index contributed by atoms with van der Waals surface area (Å²) in [6.07, 6.45) is 0. The number of hydrogen-bond acceptors (Lipinski definition) is 4. The van der Waals surface area contributed by atoms with Crippen LogP contribution in [0, 0.1) is 0 Å². The first-order valence-corrected chi connectivity index (χ1v) is 7.90. The monoisotopic (exact) mass is 342 g/mol. The van der Waals surface area contributed by atoms with Gasteiger partial charge in [0.1, 0.15) is 4.90 Å². The Hall–Kier alpha value is -3.29. The lowest BCUT2D eigenvalue weighted by Gasteiger charge is -2.11. The van der Waals surface area contributed by atoms with Gasteiger partial charge in [-0.1, -0.05) is 58.8 Å². The minimum absolute atomic E-state index is 0.0630. The molecule has 0 unspecified atom stereocenters. The molecular weight excluding hydrogens is 332 g/mol. The quantitative estimate of drug-likeness (QED) is 0.282. The Balaban J connectivity index is 2.92. The van der Waals surface area contributed by atoms with Crippen molar-refractivity contribution in [1.82, 2.24) is 0 Å². The first kappa shape index (κ1) is 17.1. The lowest BCUT2D eigenvalue weighted by atomic mass is 10.1. The summed E-state index contributed by atoms with van der Waals surface area (Å²) in [5.74, 6) is 0. The van der Waals surface area contributed by atoms with Gasteiger partial charge < -0.3 is 0 Å². The molecule has 0 fully saturated rings. The molecule has 0 radical (unpaired) electrons. The van der Waals surface area contributed by atoms with E-state index in [2.05, 4.69) is 20.1 Å². The van der Waals surface area contributed by atoms with Crippen molar-refractivity contribution >= 4 is 21.5 Å². The van der Waals surface area contributed by atoms with E-state index in [1.165, 1.54) is 18.2 Å². The predicted octanol–water partition coefficient (Wildman–Crippen LogP) is 4.38. The van der Waals surface area contributed by atoms with Crippen molar-refractivity contribution in [2.24, 2.45) is 10.2 Å². The van der Waals surface area contributed by atoms with Crippen molar-refractivity contribution in [1.29, 1.82) is 0 Å². The molecule has 0 atom stereocenters. The highest BCUT2D eigenvalue weighted by Gasteiger charge is 2.19. The average molecular weight is 342 g/mol. The molecule has 0 saturated heterocycles. The van der Waals surface area contributed by atoms with E-state index in [0.717, 1.165) is 6.07 Å². The maximum atomic E-state index is 11.6. The van der Waals surface area contributed by atoms with Gasteiger partial charge in [0.25, 0.3) is 10.1 Å². The van der Waals surface area contributed by atoms with E-state index in [1.807, 2.05) is 0 Å². The normalized spacial score (nSPS) is 11.7. The van der Waals surface area contributed by atoms with Gasteiger partial charge in [-0.2, -0.15) is 8.42 Å². The van der Waals surface area contributed by atoms with Gasteiger partial charge >= 0.3 is 0 Å². The Morgan fingerprint density at radius 2 is 1.42 bits per heavy atom. The average Bonchev–Trinajstić information content (AvgIpc) is 2.58. The molecular formula is C14H10N6O3S. The van der Waals surface area contributed by atoms with Gasteiger partial charge in [-0.25, -0.2) is 0 Å². The zero-order chi connectivity index (χ0) is 17.6. The molecule has 0 aliphatic rings. The maximum Gasteiger partial charge on any atom is 0.295 e. The van der Waals surface area contributed by atoms with E-state index in [1.54, 1.807) is 30.3 Å². The van der Waals surface area contributed by atoms with Crippen LogP contribution in [0.3, 0.4) is 0 Å². The van der Waals surface area contributed by atoms with E-state index in [9.17, 15) is 13.0 Å². The largest absolute Gasteiger partial charge is 0.295 e. The molecule has 0 aromatic heterocycles. The van der Waals surface area contributed by atoms with E-state index >= 15 is 0 Å². The van der Waals surface area contributed by atoms with Gasteiger partial charge in [0.05, 0.1) is 11.4 Å². The number of hydrogen-bond donors (Lipinski definition) is 1. The zero-order valence-electron chi connectivity index (χ0n) is 12.1.